The second-order valence-electron chi connectivity index (χ2n) is 5.20. The van der Waals surface area contributed by atoms with Crippen molar-refractivity contribution in [2.45, 2.75) is 25.3 Å². The van der Waals surface area contributed by atoms with Gasteiger partial charge in [0.2, 0.25) is 0 Å². The van der Waals surface area contributed by atoms with Gasteiger partial charge in [-0.3, -0.25) is 4.98 Å². The van der Waals surface area contributed by atoms with Crippen LogP contribution >= 0.6 is 11.8 Å². The van der Waals surface area contributed by atoms with Crippen molar-refractivity contribution in [3.8, 4) is 5.75 Å². The van der Waals surface area contributed by atoms with Crippen molar-refractivity contribution in [2.24, 2.45) is 5.73 Å². The van der Waals surface area contributed by atoms with Gasteiger partial charge in [0, 0.05) is 21.9 Å². The smallest absolute Gasteiger partial charge is 0.138 e. The van der Waals surface area contributed by atoms with E-state index < -0.39 is 0 Å². The third kappa shape index (κ3) is 4.60. The Kier molecular flexibility index (Phi) is 5.82. The highest BCUT2D eigenvalue weighted by atomic mass is 32.2. The summed E-state index contributed by atoms with van der Waals surface area (Å²) in [6.45, 7) is 3.98. The molecule has 0 fully saturated rings. The van der Waals surface area contributed by atoms with Gasteiger partial charge >= 0.3 is 0 Å². The van der Waals surface area contributed by atoms with Crippen LogP contribution in [0.2, 0.25) is 0 Å². The molecular weight excluding hydrogens is 306 g/mol. The Morgan fingerprint density at radius 1 is 1.26 bits per heavy atom. The van der Waals surface area contributed by atoms with Crippen molar-refractivity contribution in [2.75, 3.05) is 6.26 Å². The van der Waals surface area contributed by atoms with E-state index in [1.165, 1.54) is 4.90 Å². The van der Waals surface area contributed by atoms with E-state index in [9.17, 15) is 0 Å². The largest absolute Gasteiger partial charge is 0.487 e. The number of nitrogens with two attached hydrogens (primary N) is 1. The van der Waals surface area contributed by atoms with Crippen molar-refractivity contribution in [1.29, 1.82) is 5.41 Å². The molecule has 23 heavy (non-hydrogen) atoms. The summed E-state index contributed by atoms with van der Waals surface area (Å²) in [5, 5.41) is 7.79. The third-order valence-electron chi connectivity index (χ3n) is 3.30. The number of nitrogens with zero attached hydrogens (tertiary/aromatic N) is 1. The first kappa shape index (κ1) is 17.1. The molecular formula is C18H21N3OS. The molecule has 0 saturated carbocycles. The number of rotatable bonds is 6. The standard InChI is InChI=1S/C18H21N3OS/c1-12(19)18(13(2)20)17-8-7-15(10-21-17)22-11-14-5-4-6-16(9-14)23-3/h4-10,19H,11,20H2,1-3H3/b18-13+,19-12?. The molecule has 0 radical (unpaired) electrons. The first-order chi connectivity index (χ1) is 11.0. The zero-order chi connectivity index (χ0) is 16.8. The molecule has 0 unspecified atom stereocenters. The zero-order valence-corrected chi connectivity index (χ0v) is 14.4. The minimum atomic E-state index is 0.403. The predicted octanol–water partition coefficient (Wildman–Crippen LogP) is 4.11. The quantitative estimate of drug-likeness (QED) is 0.618. The van der Waals surface area contributed by atoms with Crippen molar-refractivity contribution >= 4 is 23.0 Å². The minimum Gasteiger partial charge on any atom is -0.487 e. The van der Waals surface area contributed by atoms with Crippen LogP contribution < -0.4 is 10.5 Å². The molecule has 0 aliphatic carbocycles. The molecule has 0 spiro atoms. The Balaban J connectivity index is 2.08. The molecule has 1 heterocycles. The Morgan fingerprint density at radius 3 is 2.61 bits per heavy atom. The Morgan fingerprint density at radius 2 is 2.04 bits per heavy atom. The lowest BCUT2D eigenvalue weighted by Crippen LogP contribution is -2.06. The Labute approximate surface area is 141 Å². The molecule has 0 amide bonds. The SMILES string of the molecule is CSc1cccc(COc2ccc(/C(C(C)=N)=C(\C)N)nc2)c1. The summed E-state index contributed by atoms with van der Waals surface area (Å²) in [7, 11) is 0. The van der Waals surface area contributed by atoms with Gasteiger partial charge in [-0.2, -0.15) is 0 Å². The fourth-order valence-electron chi connectivity index (χ4n) is 2.23. The van der Waals surface area contributed by atoms with Crippen molar-refractivity contribution in [1.82, 2.24) is 4.98 Å². The number of allylic oxidation sites excluding steroid dienone is 2. The third-order valence-corrected chi connectivity index (χ3v) is 4.03. The molecule has 0 aliphatic rings. The lowest BCUT2D eigenvalue weighted by Gasteiger charge is -2.10. The van der Waals surface area contributed by atoms with Crippen LogP contribution in [0.25, 0.3) is 5.57 Å². The van der Waals surface area contributed by atoms with Crippen LogP contribution in [0.1, 0.15) is 25.1 Å². The summed E-state index contributed by atoms with van der Waals surface area (Å²) in [4.78, 5) is 5.58. The number of nitrogens with one attached hydrogen (secondary N) is 1. The van der Waals surface area contributed by atoms with Gasteiger partial charge in [-0.05, 0) is 49.9 Å². The number of thioether (sulfide) groups is 1. The Bertz CT molecular complexity index is 719. The van der Waals surface area contributed by atoms with Crippen LogP contribution in [0.3, 0.4) is 0 Å². The molecule has 0 atom stereocenters. The van der Waals surface area contributed by atoms with E-state index in [2.05, 4.69) is 23.4 Å². The lowest BCUT2D eigenvalue weighted by atomic mass is 10.1. The molecule has 2 aromatic rings. The maximum Gasteiger partial charge on any atom is 0.138 e. The van der Waals surface area contributed by atoms with E-state index >= 15 is 0 Å². The van der Waals surface area contributed by atoms with Crippen molar-refractivity contribution < 1.29 is 4.74 Å². The topological polar surface area (TPSA) is 72.0 Å². The maximum atomic E-state index is 7.79. The molecule has 0 aliphatic heterocycles. The highest BCUT2D eigenvalue weighted by Gasteiger charge is 2.08. The number of hydrogen-bond donors (Lipinski definition) is 2. The Hall–Kier alpha value is -2.27. The highest BCUT2D eigenvalue weighted by molar-refractivity contribution is 7.98. The summed E-state index contributed by atoms with van der Waals surface area (Å²) < 4.78 is 5.77. The number of aromatic nitrogens is 1. The second kappa shape index (κ2) is 7.83. The molecule has 0 bridgehead atoms. The molecule has 3 N–H and O–H groups in total. The van der Waals surface area contributed by atoms with Crippen molar-refractivity contribution in [3.63, 3.8) is 0 Å². The van der Waals surface area contributed by atoms with Gasteiger partial charge in [-0.15, -0.1) is 11.8 Å². The number of benzene rings is 1. The van der Waals surface area contributed by atoms with E-state index in [1.54, 1.807) is 31.8 Å². The molecule has 1 aromatic heterocycles. The average molecular weight is 327 g/mol. The van der Waals surface area contributed by atoms with E-state index in [0.717, 1.165) is 5.56 Å². The van der Waals surface area contributed by atoms with Gasteiger partial charge in [-0.25, -0.2) is 0 Å². The number of hydrogen-bond acceptors (Lipinski definition) is 5. The van der Waals surface area contributed by atoms with Crippen LogP contribution in [0.4, 0.5) is 0 Å². The minimum absolute atomic E-state index is 0.403. The van der Waals surface area contributed by atoms with Crippen LogP contribution in [0.5, 0.6) is 5.75 Å². The summed E-state index contributed by atoms with van der Waals surface area (Å²) in [6.07, 6.45) is 3.72. The van der Waals surface area contributed by atoms with Crippen LogP contribution in [-0.2, 0) is 6.61 Å². The van der Waals surface area contributed by atoms with E-state index in [4.69, 9.17) is 15.9 Å². The summed E-state index contributed by atoms with van der Waals surface area (Å²) in [5.41, 5.74) is 9.31. The van der Waals surface area contributed by atoms with E-state index in [0.29, 0.717) is 35.0 Å². The molecule has 0 saturated heterocycles. The van der Waals surface area contributed by atoms with Crippen LogP contribution in [0, 0.1) is 5.41 Å². The monoisotopic (exact) mass is 327 g/mol. The maximum absolute atomic E-state index is 7.79. The van der Waals surface area contributed by atoms with Crippen LogP contribution in [0.15, 0.2) is 53.2 Å². The summed E-state index contributed by atoms with van der Waals surface area (Å²) in [5.74, 6) is 0.694. The van der Waals surface area contributed by atoms with Gasteiger partial charge in [-0.1, -0.05) is 12.1 Å². The van der Waals surface area contributed by atoms with E-state index in [-0.39, 0.29) is 0 Å². The van der Waals surface area contributed by atoms with Gasteiger partial charge in [0.25, 0.3) is 0 Å². The molecule has 120 valence electrons. The normalized spacial score (nSPS) is 11.8. The average Bonchev–Trinajstić information content (AvgIpc) is 2.54. The van der Waals surface area contributed by atoms with E-state index in [1.807, 2.05) is 24.3 Å². The van der Waals surface area contributed by atoms with Gasteiger partial charge in [0.1, 0.15) is 12.4 Å². The fourth-order valence-corrected chi connectivity index (χ4v) is 2.72. The van der Waals surface area contributed by atoms with Crippen LogP contribution in [-0.4, -0.2) is 17.0 Å². The summed E-state index contributed by atoms with van der Waals surface area (Å²) >= 11 is 1.71. The predicted molar refractivity (Wildman–Crippen MR) is 97.0 cm³/mol. The molecule has 4 nitrogen and oxygen atoms in total. The van der Waals surface area contributed by atoms with Gasteiger partial charge in [0.05, 0.1) is 11.9 Å². The highest BCUT2D eigenvalue weighted by Crippen LogP contribution is 2.20. The number of ether oxygens (including phenoxy) is 1. The first-order valence-electron chi connectivity index (χ1n) is 7.25. The lowest BCUT2D eigenvalue weighted by molar-refractivity contribution is 0.304. The zero-order valence-electron chi connectivity index (χ0n) is 13.6. The summed E-state index contributed by atoms with van der Waals surface area (Å²) in [6, 6.07) is 11.9. The molecule has 2 rings (SSSR count). The molecule has 1 aromatic carbocycles. The van der Waals surface area contributed by atoms with Crippen molar-refractivity contribution in [3.05, 3.63) is 59.5 Å². The number of pyridine rings is 1. The van der Waals surface area contributed by atoms with Gasteiger partial charge in [0.15, 0.2) is 0 Å². The second-order valence-corrected chi connectivity index (χ2v) is 6.08. The van der Waals surface area contributed by atoms with Gasteiger partial charge < -0.3 is 15.9 Å². The first-order valence-corrected chi connectivity index (χ1v) is 8.47. The molecule has 5 heteroatoms. The fraction of sp³-hybridized carbons (Fsp3) is 0.222.